The number of esters is 1. The summed E-state index contributed by atoms with van der Waals surface area (Å²) in [6.45, 7) is 1.82. The Balaban J connectivity index is 1.66. The van der Waals surface area contributed by atoms with Crippen molar-refractivity contribution in [1.82, 2.24) is 10.1 Å². The highest BCUT2D eigenvalue weighted by molar-refractivity contribution is 6.33. The number of aromatic nitrogens is 2. The van der Waals surface area contributed by atoms with Gasteiger partial charge in [0.15, 0.2) is 6.61 Å². The summed E-state index contributed by atoms with van der Waals surface area (Å²) in [6.07, 6.45) is 0.929. The number of rotatable bonds is 6. The number of carbonyl (C=O) groups is 1. The van der Waals surface area contributed by atoms with E-state index >= 15 is 0 Å². The minimum absolute atomic E-state index is 0.0113. The van der Waals surface area contributed by atoms with Crippen molar-refractivity contribution in [3.05, 3.63) is 74.6 Å². The van der Waals surface area contributed by atoms with Crippen molar-refractivity contribution >= 4 is 23.3 Å². The van der Waals surface area contributed by atoms with Crippen LogP contribution in [0.15, 0.2) is 47.0 Å². The first-order valence-electron chi connectivity index (χ1n) is 8.01. The van der Waals surface area contributed by atoms with Crippen LogP contribution in [0.4, 0.5) is 5.69 Å². The first kappa shape index (κ1) is 18.5. The van der Waals surface area contributed by atoms with Crippen molar-refractivity contribution < 1.29 is 19.0 Å². The van der Waals surface area contributed by atoms with Crippen molar-refractivity contribution in [3.8, 4) is 11.4 Å². The minimum atomic E-state index is -0.748. The van der Waals surface area contributed by atoms with Gasteiger partial charge in [0.05, 0.1) is 15.5 Å². The molecule has 0 unspecified atom stereocenters. The fraction of sp³-hybridized carbons (Fsp3) is 0.167. The third-order valence-corrected chi connectivity index (χ3v) is 4.11. The van der Waals surface area contributed by atoms with Crippen LogP contribution in [0, 0.1) is 10.1 Å². The second kappa shape index (κ2) is 7.96. The summed E-state index contributed by atoms with van der Waals surface area (Å²) in [6, 6.07) is 11.2. The number of carbonyl (C=O) groups excluding carboxylic acids is 1. The first-order valence-corrected chi connectivity index (χ1v) is 8.38. The average molecular weight is 388 g/mol. The van der Waals surface area contributed by atoms with Crippen LogP contribution in [0.5, 0.6) is 0 Å². The van der Waals surface area contributed by atoms with Crippen molar-refractivity contribution in [2.45, 2.75) is 20.0 Å². The largest absolute Gasteiger partial charge is 0.452 e. The molecule has 3 rings (SSSR count). The van der Waals surface area contributed by atoms with E-state index in [4.69, 9.17) is 20.9 Å². The van der Waals surface area contributed by atoms with E-state index in [1.165, 1.54) is 17.7 Å². The van der Waals surface area contributed by atoms with E-state index in [1.807, 2.05) is 24.3 Å². The van der Waals surface area contributed by atoms with Gasteiger partial charge in [-0.3, -0.25) is 10.1 Å². The summed E-state index contributed by atoms with van der Waals surface area (Å²) >= 11 is 5.90. The van der Waals surface area contributed by atoms with Crippen LogP contribution in [0.1, 0.15) is 28.7 Å². The van der Waals surface area contributed by atoms with Crippen molar-refractivity contribution in [2.24, 2.45) is 0 Å². The Labute approximate surface area is 158 Å². The molecule has 0 spiro atoms. The lowest BCUT2D eigenvalue weighted by molar-refractivity contribution is -0.384. The lowest BCUT2D eigenvalue weighted by atomic mass is 10.1. The Kier molecular flexibility index (Phi) is 5.46. The van der Waals surface area contributed by atoms with Gasteiger partial charge < -0.3 is 9.26 Å². The van der Waals surface area contributed by atoms with Gasteiger partial charge in [0.25, 0.3) is 11.6 Å². The molecule has 138 valence electrons. The Hall–Kier alpha value is -3.26. The molecular formula is C18H14ClN3O5. The zero-order valence-corrected chi connectivity index (χ0v) is 15.0. The number of nitro benzene ring substituents is 1. The van der Waals surface area contributed by atoms with Crippen LogP contribution in [-0.2, 0) is 17.8 Å². The van der Waals surface area contributed by atoms with Crippen LogP contribution in [0.25, 0.3) is 11.4 Å². The van der Waals surface area contributed by atoms with E-state index in [0.29, 0.717) is 5.82 Å². The number of benzene rings is 2. The molecule has 0 fully saturated rings. The van der Waals surface area contributed by atoms with E-state index in [2.05, 4.69) is 17.1 Å². The number of nitro groups is 1. The number of halogens is 1. The molecule has 0 aliphatic carbocycles. The number of aryl methyl sites for hydroxylation is 1. The van der Waals surface area contributed by atoms with Gasteiger partial charge >= 0.3 is 5.97 Å². The van der Waals surface area contributed by atoms with Gasteiger partial charge in [0.1, 0.15) is 0 Å². The van der Waals surface area contributed by atoms with Gasteiger partial charge in [0.2, 0.25) is 5.82 Å². The summed E-state index contributed by atoms with van der Waals surface area (Å²) in [5.41, 5.74) is 1.77. The molecule has 2 aromatic carbocycles. The molecule has 0 atom stereocenters. The SMILES string of the molecule is CCc1ccc(-c2noc(COC(=O)c3ccc([N+](=O)[O-])cc3Cl)n2)cc1. The second-order valence-corrected chi connectivity index (χ2v) is 5.97. The summed E-state index contributed by atoms with van der Waals surface area (Å²) in [5, 5.41) is 14.5. The topological polar surface area (TPSA) is 108 Å². The van der Waals surface area contributed by atoms with E-state index in [0.717, 1.165) is 18.1 Å². The van der Waals surface area contributed by atoms with E-state index in [9.17, 15) is 14.9 Å². The molecule has 0 aliphatic rings. The molecule has 1 aromatic heterocycles. The third-order valence-electron chi connectivity index (χ3n) is 3.80. The predicted octanol–water partition coefficient (Wildman–Crippen LogP) is 4.22. The summed E-state index contributed by atoms with van der Waals surface area (Å²) in [5.74, 6) is -0.241. The molecule has 8 nitrogen and oxygen atoms in total. The molecular weight excluding hydrogens is 374 g/mol. The Morgan fingerprint density at radius 1 is 1.26 bits per heavy atom. The fourth-order valence-electron chi connectivity index (χ4n) is 2.31. The molecule has 27 heavy (non-hydrogen) atoms. The van der Waals surface area contributed by atoms with E-state index in [-0.39, 0.29) is 28.8 Å². The normalized spacial score (nSPS) is 10.6. The standard InChI is InChI=1S/C18H14ClN3O5/c1-2-11-3-5-12(6-4-11)17-20-16(27-21-17)10-26-18(23)14-8-7-13(22(24)25)9-15(14)19/h3-9H,2,10H2,1H3. The fourth-order valence-corrected chi connectivity index (χ4v) is 2.56. The molecule has 9 heteroatoms. The molecule has 0 saturated carbocycles. The van der Waals surface area contributed by atoms with Gasteiger partial charge in [-0.2, -0.15) is 4.98 Å². The third kappa shape index (κ3) is 4.29. The highest BCUT2D eigenvalue weighted by Crippen LogP contribution is 2.23. The van der Waals surface area contributed by atoms with Crippen LogP contribution >= 0.6 is 11.6 Å². The van der Waals surface area contributed by atoms with E-state index < -0.39 is 10.9 Å². The lowest BCUT2D eigenvalue weighted by Gasteiger charge is -2.03. The number of non-ortho nitro benzene ring substituents is 1. The maximum Gasteiger partial charge on any atom is 0.340 e. The number of nitrogens with zero attached hydrogens (tertiary/aromatic N) is 3. The highest BCUT2D eigenvalue weighted by atomic mass is 35.5. The number of hydrogen-bond acceptors (Lipinski definition) is 7. The maximum atomic E-state index is 12.1. The highest BCUT2D eigenvalue weighted by Gasteiger charge is 2.17. The van der Waals surface area contributed by atoms with Gasteiger partial charge in [-0.15, -0.1) is 0 Å². The first-order chi connectivity index (χ1) is 13.0. The summed E-state index contributed by atoms with van der Waals surface area (Å²) in [7, 11) is 0. The van der Waals surface area contributed by atoms with Crippen molar-refractivity contribution in [1.29, 1.82) is 0 Å². The Bertz CT molecular complexity index is 985. The van der Waals surface area contributed by atoms with Crippen LogP contribution < -0.4 is 0 Å². The Morgan fingerprint density at radius 3 is 2.63 bits per heavy atom. The molecule has 3 aromatic rings. The van der Waals surface area contributed by atoms with Crippen molar-refractivity contribution in [2.75, 3.05) is 0 Å². The van der Waals surface area contributed by atoms with Crippen molar-refractivity contribution in [3.63, 3.8) is 0 Å². The quantitative estimate of drug-likeness (QED) is 0.354. The van der Waals surface area contributed by atoms with Crippen LogP contribution in [0.2, 0.25) is 5.02 Å². The van der Waals surface area contributed by atoms with Crippen LogP contribution in [0.3, 0.4) is 0 Å². The number of hydrogen-bond donors (Lipinski definition) is 0. The zero-order chi connectivity index (χ0) is 19.4. The molecule has 0 bridgehead atoms. The molecule has 0 aliphatic heterocycles. The number of ether oxygens (including phenoxy) is 1. The maximum absolute atomic E-state index is 12.1. The lowest BCUT2D eigenvalue weighted by Crippen LogP contribution is -2.06. The summed E-state index contributed by atoms with van der Waals surface area (Å²) < 4.78 is 10.2. The predicted molar refractivity (Wildman–Crippen MR) is 96.3 cm³/mol. The molecule has 0 amide bonds. The summed E-state index contributed by atoms with van der Waals surface area (Å²) in [4.78, 5) is 26.4. The van der Waals surface area contributed by atoms with E-state index in [1.54, 1.807) is 0 Å². The second-order valence-electron chi connectivity index (χ2n) is 5.56. The average Bonchev–Trinajstić information content (AvgIpc) is 3.15. The minimum Gasteiger partial charge on any atom is -0.452 e. The molecule has 0 radical (unpaired) electrons. The van der Waals surface area contributed by atoms with Gasteiger partial charge in [-0.25, -0.2) is 4.79 Å². The molecule has 0 N–H and O–H groups in total. The van der Waals surface area contributed by atoms with Gasteiger partial charge in [0, 0.05) is 17.7 Å². The smallest absolute Gasteiger partial charge is 0.340 e. The zero-order valence-electron chi connectivity index (χ0n) is 14.2. The Morgan fingerprint density at radius 2 is 2.00 bits per heavy atom. The van der Waals surface area contributed by atoms with Crippen LogP contribution in [-0.4, -0.2) is 21.0 Å². The molecule has 0 saturated heterocycles. The van der Waals surface area contributed by atoms with Gasteiger partial charge in [-0.1, -0.05) is 47.9 Å². The molecule has 1 heterocycles. The monoisotopic (exact) mass is 387 g/mol. The van der Waals surface area contributed by atoms with Gasteiger partial charge in [-0.05, 0) is 18.1 Å².